The van der Waals surface area contributed by atoms with Crippen molar-refractivity contribution in [3.8, 4) is 5.75 Å². The van der Waals surface area contributed by atoms with Gasteiger partial charge < -0.3 is 18.9 Å². The van der Waals surface area contributed by atoms with Crippen LogP contribution in [-0.4, -0.2) is 44.2 Å². The molecule has 0 saturated carbocycles. The van der Waals surface area contributed by atoms with Crippen molar-refractivity contribution < 1.29 is 18.9 Å². The van der Waals surface area contributed by atoms with Gasteiger partial charge in [-0.15, -0.1) is 0 Å². The summed E-state index contributed by atoms with van der Waals surface area (Å²) in [4.78, 5) is 0. The number of para-hydroxylation sites is 1. The summed E-state index contributed by atoms with van der Waals surface area (Å²) < 4.78 is 22.1. The maximum Gasteiger partial charge on any atom is 0.128 e. The second-order valence-electron chi connectivity index (χ2n) is 5.69. The summed E-state index contributed by atoms with van der Waals surface area (Å²) in [6, 6.07) is 8.20. The molecule has 19 heavy (non-hydrogen) atoms. The molecule has 3 saturated heterocycles. The molecule has 0 N–H and O–H groups in total. The zero-order chi connectivity index (χ0) is 12.7. The number of benzene rings is 1. The third-order valence-corrected chi connectivity index (χ3v) is 3.87. The van der Waals surface area contributed by atoms with Crippen molar-refractivity contribution >= 4 is 0 Å². The molecule has 0 aliphatic carbocycles. The lowest BCUT2D eigenvalue weighted by atomic mass is 10.1. The van der Waals surface area contributed by atoms with Crippen LogP contribution in [0.4, 0.5) is 0 Å². The second-order valence-corrected chi connectivity index (χ2v) is 5.69. The van der Waals surface area contributed by atoms with Crippen molar-refractivity contribution in [3.05, 3.63) is 29.8 Å². The SMILES string of the molecule is c1ccc(OCC2(CC3CO3)CO2)c(CC2CO2)c1. The van der Waals surface area contributed by atoms with E-state index in [0.717, 1.165) is 38.4 Å². The molecular weight excluding hydrogens is 244 g/mol. The first-order valence-corrected chi connectivity index (χ1v) is 6.91. The van der Waals surface area contributed by atoms with Crippen LogP contribution in [0.5, 0.6) is 5.75 Å². The largest absolute Gasteiger partial charge is 0.490 e. The summed E-state index contributed by atoms with van der Waals surface area (Å²) in [6.07, 6.45) is 2.67. The van der Waals surface area contributed by atoms with E-state index < -0.39 is 0 Å². The first-order valence-electron chi connectivity index (χ1n) is 6.91. The Morgan fingerprint density at radius 2 is 1.89 bits per heavy atom. The summed E-state index contributed by atoms with van der Waals surface area (Å²) in [5.41, 5.74) is 1.13. The second kappa shape index (κ2) is 4.47. The van der Waals surface area contributed by atoms with Gasteiger partial charge in [-0.25, -0.2) is 0 Å². The summed E-state index contributed by atoms with van der Waals surface area (Å²) in [5.74, 6) is 0.963. The van der Waals surface area contributed by atoms with Gasteiger partial charge in [0.05, 0.1) is 32.0 Å². The van der Waals surface area contributed by atoms with Crippen LogP contribution in [0.2, 0.25) is 0 Å². The van der Waals surface area contributed by atoms with Crippen LogP contribution in [-0.2, 0) is 20.6 Å². The van der Waals surface area contributed by atoms with E-state index in [-0.39, 0.29) is 5.60 Å². The molecular formula is C15H18O4. The fourth-order valence-corrected chi connectivity index (χ4v) is 2.42. The van der Waals surface area contributed by atoms with Crippen LogP contribution in [0.1, 0.15) is 12.0 Å². The first-order chi connectivity index (χ1) is 9.33. The normalized spacial score (nSPS) is 34.9. The van der Waals surface area contributed by atoms with E-state index >= 15 is 0 Å². The van der Waals surface area contributed by atoms with Gasteiger partial charge in [0, 0.05) is 12.8 Å². The average molecular weight is 262 g/mol. The van der Waals surface area contributed by atoms with Crippen molar-refractivity contribution in [2.24, 2.45) is 0 Å². The van der Waals surface area contributed by atoms with E-state index in [2.05, 4.69) is 6.07 Å². The molecule has 3 aliphatic rings. The standard InChI is InChI=1S/C15H18O4/c1-2-4-14(11(3-1)5-12-7-16-12)18-9-15(10-19-15)6-13-8-17-13/h1-4,12-13H,5-10H2. The Labute approximate surface area is 112 Å². The van der Waals surface area contributed by atoms with Gasteiger partial charge in [0.15, 0.2) is 0 Å². The Morgan fingerprint density at radius 1 is 1.16 bits per heavy atom. The molecule has 3 atom stereocenters. The summed E-state index contributed by atoms with van der Waals surface area (Å²) in [6.45, 7) is 3.16. The zero-order valence-corrected chi connectivity index (χ0v) is 10.8. The summed E-state index contributed by atoms with van der Waals surface area (Å²) in [5, 5.41) is 0. The Bertz CT molecular complexity index is 461. The highest BCUT2D eigenvalue weighted by Gasteiger charge is 2.50. The Balaban J connectivity index is 1.38. The smallest absolute Gasteiger partial charge is 0.128 e. The zero-order valence-electron chi connectivity index (χ0n) is 10.8. The predicted molar refractivity (Wildman–Crippen MR) is 68.4 cm³/mol. The van der Waals surface area contributed by atoms with Gasteiger partial charge in [-0.3, -0.25) is 0 Å². The molecule has 4 rings (SSSR count). The van der Waals surface area contributed by atoms with Gasteiger partial charge in [0.2, 0.25) is 0 Å². The third kappa shape index (κ3) is 2.91. The number of hydrogen-bond acceptors (Lipinski definition) is 4. The number of hydrogen-bond donors (Lipinski definition) is 0. The van der Waals surface area contributed by atoms with E-state index in [1.165, 1.54) is 5.56 Å². The lowest BCUT2D eigenvalue weighted by Crippen LogP contribution is -2.24. The van der Waals surface area contributed by atoms with Gasteiger partial charge >= 0.3 is 0 Å². The molecule has 102 valence electrons. The molecule has 4 heteroatoms. The van der Waals surface area contributed by atoms with E-state index in [4.69, 9.17) is 18.9 Å². The van der Waals surface area contributed by atoms with Gasteiger partial charge in [0.25, 0.3) is 0 Å². The highest BCUT2D eigenvalue weighted by Crippen LogP contribution is 2.37. The quantitative estimate of drug-likeness (QED) is 0.700. The van der Waals surface area contributed by atoms with Crippen molar-refractivity contribution in [1.29, 1.82) is 0 Å². The maximum atomic E-state index is 5.99. The van der Waals surface area contributed by atoms with Crippen LogP contribution in [0.15, 0.2) is 24.3 Å². The maximum absolute atomic E-state index is 5.99. The molecule has 0 aromatic heterocycles. The van der Waals surface area contributed by atoms with Crippen molar-refractivity contribution in [2.45, 2.75) is 30.7 Å². The van der Waals surface area contributed by atoms with Crippen LogP contribution in [0, 0.1) is 0 Å². The molecule has 0 radical (unpaired) electrons. The van der Waals surface area contributed by atoms with Crippen molar-refractivity contribution in [2.75, 3.05) is 26.4 Å². The molecule has 3 fully saturated rings. The van der Waals surface area contributed by atoms with Gasteiger partial charge in [-0.2, -0.15) is 0 Å². The van der Waals surface area contributed by atoms with Gasteiger partial charge in [-0.1, -0.05) is 18.2 Å². The lowest BCUT2D eigenvalue weighted by Gasteiger charge is -2.14. The predicted octanol–water partition coefficient (Wildman–Crippen LogP) is 1.56. The summed E-state index contributed by atoms with van der Waals surface area (Å²) in [7, 11) is 0. The molecule has 3 heterocycles. The van der Waals surface area contributed by atoms with E-state index in [0.29, 0.717) is 18.8 Å². The Morgan fingerprint density at radius 3 is 2.58 bits per heavy atom. The van der Waals surface area contributed by atoms with E-state index in [1.54, 1.807) is 0 Å². The molecule has 0 bridgehead atoms. The van der Waals surface area contributed by atoms with Crippen LogP contribution < -0.4 is 4.74 Å². The van der Waals surface area contributed by atoms with E-state index in [1.807, 2.05) is 18.2 Å². The van der Waals surface area contributed by atoms with E-state index in [9.17, 15) is 0 Å². The van der Waals surface area contributed by atoms with Crippen molar-refractivity contribution in [3.63, 3.8) is 0 Å². The van der Waals surface area contributed by atoms with Crippen LogP contribution >= 0.6 is 0 Å². The van der Waals surface area contributed by atoms with Gasteiger partial charge in [-0.05, 0) is 11.6 Å². The fraction of sp³-hybridized carbons (Fsp3) is 0.600. The van der Waals surface area contributed by atoms with Crippen molar-refractivity contribution in [1.82, 2.24) is 0 Å². The third-order valence-electron chi connectivity index (χ3n) is 3.87. The average Bonchev–Trinajstić information content (AvgIpc) is 3.25. The first kappa shape index (κ1) is 11.7. The molecule has 1 aromatic rings. The molecule has 1 aromatic carbocycles. The number of rotatable bonds is 7. The molecule has 0 amide bonds. The number of epoxide rings is 3. The number of ether oxygens (including phenoxy) is 4. The van der Waals surface area contributed by atoms with Crippen LogP contribution in [0.3, 0.4) is 0 Å². The highest BCUT2D eigenvalue weighted by atomic mass is 16.6. The molecule has 3 aliphatic heterocycles. The Hall–Kier alpha value is -1.10. The Kier molecular flexibility index (Phi) is 2.76. The van der Waals surface area contributed by atoms with Crippen LogP contribution in [0.25, 0.3) is 0 Å². The molecule has 3 unspecified atom stereocenters. The fourth-order valence-electron chi connectivity index (χ4n) is 2.42. The minimum Gasteiger partial charge on any atom is -0.490 e. The topological polar surface area (TPSA) is 46.8 Å². The minimum atomic E-state index is -0.0929. The lowest BCUT2D eigenvalue weighted by molar-refractivity contribution is 0.168. The minimum absolute atomic E-state index is 0.0929. The summed E-state index contributed by atoms with van der Waals surface area (Å²) >= 11 is 0. The molecule has 0 spiro atoms. The highest BCUT2D eigenvalue weighted by molar-refractivity contribution is 5.34. The van der Waals surface area contributed by atoms with Gasteiger partial charge in [0.1, 0.15) is 18.0 Å². The molecule has 4 nitrogen and oxygen atoms in total. The monoisotopic (exact) mass is 262 g/mol.